The average Bonchev–Trinajstić information content (AvgIpc) is 3.35. The van der Waals surface area contributed by atoms with Crippen molar-refractivity contribution >= 4 is 21.2 Å². The molecule has 6 nitrogen and oxygen atoms in total. The molecule has 25 heavy (non-hydrogen) atoms. The summed E-state index contributed by atoms with van der Waals surface area (Å²) < 4.78 is 30.9. The number of thiophene rings is 1. The molecule has 8 heteroatoms. The number of nitrogens with zero attached hydrogens (tertiary/aromatic N) is 2. The van der Waals surface area contributed by atoms with E-state index in [1.807, 2.05) is 0 Å². The van der Waals surface area contributed by atoms with Crippen LogP contribution in [0.3, 0.4) is 0 Å². The highest BCUT2D eigenvalue weighted by atomic mass is 32.2. The van der Waals surface area contributed by atoms with E-state index in [0.29, 0.717) is 16.6 Å². The molecule has 1 aliphatic rings. The molecular formula is C17H17N3O3S2. The number of hydrogen-bond donors (Lipinski definition) is 1. The lowest BCUT2D eigenvalue weighted by Crippen LogP contribution is -2.34. The van der Waals surface area contributed by atoms with Crippen LogP contribution in [-0.4, -0.2) is 18.6 Å². The van der Waals surface area contributed by atoms with Crippen LogP contribution in [0.4, 0.5) is 0 Å². The fourth-order valence-electron chi connectivity index (χ4n) is 3.05. The molecule has 0 aliphatic heterocycles. The molecule has 0 spiro atoms. The minimum absolute atomic E-state index is 0.247. The molecule has 130 valence electrons. The molecule has 1 aliphatic carbocycles. The van der Waals surface area contributed by atoms with Crippen molar-refractivity contribution in [2.24, 2.45) is 5.73 Å². The second-order valence-electron chi connectivity index (χ2n) is 6.22. The van der Waals surface area contributed by atoms with E-state index in [0.717, 1.165) is 37.0 Å². The Morgan fingerprint density at radius 2 is 1.80 bits per heavy atom. The van der Waals surface area contributed by atoms with Gasteiger partial charge in [-0.15, -0.1) is 11.3 Å². The van der Waals surface area contributed by atoms with Gasteiger partial charge in [0.05, 0.1) is 15.3 Å². The molecule has 2 N–H and O–H groups in total. The van der Waals surface area contributed by atoms with Crippen LogP contribution in [0.15, 0.2) is 56.1 Å². The number of nitrogens with two attached hydrogens (primary N) is 1. The fraction of sp³-hybridized carbons (Fsp3) is 0.294. The molecule has 2 heterocycles. The molecule has 0 radical (unpaired) electrons. The van der Waals surface area contributed by atoms with Crippen molar-refractivity contribution in [2.75, 3.05) is 0 Å². The Balaban J connectivity index is 1.65. The first-order valence-electron chi connectivity index (χ1n) is 8.02. The normalized spacial score (nSPS) is 17.0. The minimum Gasteiger partial charge on any atom is -0.333 e. The summed E-state index contributed by atoms with van der Waals surface area (Å²) in [6.45, 7) is 0. The number of rotatable bonds is 4. The summed E-state index contributed by atoms with van der Waals surface area (Å²) in [7, 11) is -3.54. The van der Waals surface area contributed by atoms with Gasteiger partial charge in [-0.1, -0.05) is 36.2 Å². The van der Waals surface area contributed by atoms with Gasteiger partial charge < -0.3 is 10.3 Å². The molecule has 1 fully saturated rings. The van der Waals surface area contributed by atoms with Crippen molar-refractivity contribution in [1.29, 1.82) is 0 Å². The highest BCUT2D eigenvalue weighted by Crippen LogP contribution is 2.37. The smallest absolute Gasteiger partial charge is 0.268 e. The van der Waals surface area contributed by atoms with Gasteiger partial charge in [0, 0.05) is 0 Å². The van der Waals surface area contributed by atoms with Crippen LogP contribution in [0.25, 0.3) is 10.8 Å². The third kappa shape index (κ3) is 2.90. The van der Waals surface area contributed by atoms with Crippen LogP contribution in [0, 0.1) is 0 Å². The van der Waals surface area contributed by atoms with Gasteiger partial charge in [0.15, 0.2) is 5.82 Å². The first-order chi connectivity index (χ1) is 12.0. The Morgan fingerprint density at radius 3 is 2.52 bits per heavy atom. The van der Waals surface area contributed by atoms with Gasteiger partial charge in [0.1, 0.15) is 4.21 Å². The first kappa shape index (κ1) is 16.4. The molecule has 2 aromatic heterocycles. The lowest BCUT2D eigenvalue weighted by atomic mass is 9.99. The van der Waals surface area contributed by atoms with Gasteiger partial charge in [-0.05, 0) is 37.1 Å². The largest absolute Gasteiger partial charge is 0.333 e. The Morgan fingerprint density at radius 1 is 1.08 bits per heavy atom. The van der Waals surface area contributed by atoms with Gasteiger partial charge >= 0.3 is 0 Å². The van der Waals surface area contributed by atoms with E-state index in [1.54, 1.807) is 42.5 Å². The summed E-state index contributed by atoms with van der Waals surface area (Å²) in [5.74, 6) is 0.812. The van der Waals surface area contributed by atoms with Gasteiger partial charge in [0.25, 0.3) is 5.89 Å². The van der Waals surface area contributed by atoms with Crippen LogP contribution < -0.4 is 5.73 Å². The Labute approximate surface area is 149 Å². The molecule has 0 atom stereocenters. The van der Waals surface area contributed by atoms with Crippen molar-refractivity contribution < 1.29 is 12.9 Å². The van der Waals surface area contributed by atoms with Gasteiger partial charge in [-0.3, -0.25) is 0 Å². The molecule has 4 rings (SSSR count). The number of aromatic nitrogens is 2. The quantitative estimate of drug-likeness (QED) is 0.751. The zero-order valence-corrected chi connectivity index (χ0v) is 15.0. The number of sulfone groups is 1. The highest BCUT2D eigenvalue weighted by Gasteiger charge is 2.36. The molecule has 0 bridgehead atoms. The van der Waals surface area contributed by atoms with E-state index in [-0.39, 0.29) is 9.10 Å². The fourth-order valence-corrected chi connectivity index (χ4v) is 5.70. The summed E-state index contributed by atoms with van der Waals surface area (Å²) in [4.78, 5) is 5.30. The molecule has 0 saturated heterocycles. The zero-order chi connectivity index (χ0) is 17.5. The Kier molecular flexibility index (Phi) is 3.98. The topological polar surface area (TPSA) is 99.1 Å². The summed E-state index contributed by atoms with van der Waals surface area (Å²) in [5, 5.41) is 4.02. The summed E-state index contributed by atoms with van der Waals surface area (Å²) in [6, 6.07) is 11.6. The third-order valence-corrected chi connectivity index (χ3v) is 7.81. The predicted molar refractivity (Wildman–Crippen MR) is 93.8 cm³/mol. The number of benzene rings is 1. The van der Waals surface area contributed by atoms with E-state index in [1.165, 1.54) is 0 Å². The minimum atomic E-state index is -3.54. The van der Waals surface area contributed by atoms with Crippen LogP contribution in [-0.2, 0) is 15.4 Å². The highest BCUT2D eigenvalue weighted by molar-refractivity contribution is 7.93. The van der Waals surface area contributed by atoms with Crippen molar-refractivity contribution in [3.63, 3.8) is 0 Å². The Bertz CT molecular complexity index is 987. The standard InChI is InChI=1S/C17H17N3O3S2/c18-17(10-4-5-11-17)16-19-15(23-20-16)13-8-9-14(24-13)25(21,22)12-6-2-1-3-7-12/h1-3,6-9H,4-5,10-11,18H2. The van der Waals surface area contributed by atoms with Crippen molar-refractivity contribution in [2.45, 2.75) is 40.3 Å². The van der Waals surface area contributed by atoms with Crippen molar-refractivity contribution in [3.8, 4) is 10.8 Å². The first-order valence-corrected chi connectivity index (χ1v) is 10.3. The van der Waals surface area contributed by atoms with Crippen LogP contribution in [0.2, 0.25) is 0 Å². The van der Waals surface area contributed by atoms with E-state index in [2.05, 4.69) is 10.1 Å². The molecule has 0 amide bonds. The SMILES string of the molecule is NC1(c2noc(-c3ccc(S(=O)(=O)c4ccccc4)s3)n2)CCCC1. The van der Waals surface area contributed by atoms with E-state index in [9.17, 15) is 8.42 Å². The van der Waals surface area contributed by atoms with Gasteiger partial charge in [-0.2, -0.15) is 4.98 Å². The average molecular weight is 375 g/mol. The Hall–Kier alpha value is -2.03. The summed E-state index contributed by atoms with van der Waals surface area (Å²) >= 11 is 1.12. The lowest BCUT2D eigenvalue weighted by molar-refractivity contribution is 0.373. The molecular weight excluding hydrogens is 358 g/mol. The van der Waals surface area contributed by atoms with E-state index >= 15 is 0 Å². The molecule has 1 saturated carbocycles. The van der Waals surface area contributed by atoms with Gasteiger partial charge in [-0.25, -0.2) is 8.42 Å². The number of hydrogen-bond acceptors (Lipinski definition) is 7. The predicted octanol–water partition coefficient (Wildman–Crippen LogP) is 3.36. The van der Waals surface area contributed by atoms with Crippen LogP contribution in [0.5, 0.6) is 0 Å². The second kappa shape index (κ2) is 6.05. The van der Waals surface area contributed by atoms with Gasteiger partial charge in [0.2, 0.25) is 9.84 Å². The van der Waals surface area contributed by atoms with Crippen LogP contribution in [0.1, 0.15) is 31.5 Å². The van der Waals surface area contributed by atoms with Crippen molar-refractivity contribution in [3.05, 3.63) is 48.3 Å². The molecule has 1 aromatic carbocycles. The second-order valence-corrected chi connectivity index (χ2v) is 9.48. The maximum absolute atomic E-state index is 12.7. The van der Waals surface area contributed by atoms with Crippen LogP contribution >= 0.6 is 11.3 Å². The maximum atomic E-state index is 12.7. The monoisotopic (exact) mass is 375 g/mol. The third-order valence-electron chi connectivity index (χ3n) is 4.48. The van der Waals surface area contributed by atoms with E-state index < -0.39 is 15.4 Å². The lowest BCUT2D eigenvalue weighted by Gasteiger charge is -2.17. The summed E-state index contributed by atoms with van der Waals surface area (Å²) in [6.07, 6.45) is 3.78. The molecule has 3 aromatic rings. The summed E-state index contributed by atoms with van der Waals surface area (Å²) in [5.41, 5.74) is 5.81. The van der Waals surface area contributed by atoms with E-state index in [4.69, 9.17) is 10.3 Å². The van der Waals surface area contributed by atoms with Crippen molar-refractivity contribution in [1.82, 2.24) is 10.1 Å². The molecule has 0 unspecified atom stereocenters. The maximum Gasteiger partial charge on any atom is 0.268 e. The zero-order valence-electron chi connectivity index (χ0n) is 13.4.